The maximum Gasteiger partial charge on any atom is 0.180 e. The van der Waals surface area contributed by atoms with Gasteiger partial charge in [0.05, 0.1) is 5.38 Å². The highest BCUT2D eigenvalue weighted by atomic mass is 35.5. The molecule has 0 N–H and O–H groups in total. The van der Waals surface area contributed by atoms with Crippen LogP contribution in [-0.2, 0) is 0 Å². The van der Waals surface area contributed by atoms with Gasteiger partial charge in [0.25, 0.3) is 0 Å². The highest BCUT2D eigenvalue weighted by Gasteiger charge is 2.10. The third-order valence-electron chi connectivity index (χ3n) is 1.49. The molecule has 0 spiro atoms. The third kappa shape index (κ3) is 2.23. The molecule has 0 saturated carbocycles. The van der Waals surface area contributed by atoms with Gasteiger partial charge in [-0.15, -0.1) is 11.6 Å². The first-order valence-electron chi connectivity index (χ1n) is 3.55. The van der Waals surface area contributed by atoms with E-state index >= 15 is 0 Å². The maximum absolute atomic E-state index is 11.3. The molecule has 64 valence electrons. The summed E-state index contributed by atoms with van der Waals surface area (Å²) in [6.07, 6.45) is 0. The summed E-state index contributed by atoms with van der Waals surface area (Å²) in [5.41, 5.74) is 0.599. The fourth-order valence-electron chi connectivity index (χ4n) is 0.844. The number of ketones is 1. The number of halogens is 2. The van der Waals surface area contributed by atoms with Gasteiger partial charge in [0.2, 0.25) is 0 Å². The molecule has 0 bridgehead atoms. The van der Waals surface area contributed by atoms with Crippen LogP contribution < -0.4 is 0 Å². The Morgan fingerprint density at radius 3 is 2.25 bits per heavy atom. The lowest BCUT2D eigenvalue weighted by Gasteiger charge is -2.01. The molecule has 0 heterocycles. The number of alkyl halides is 1. The van der Waals surface area contributed by atoms with E-state index in [4.69, 9.17) is 23.2 Å². The molecule has 1 nitrogen and oxygen atoms in total. The molecular formula is C9H8Cl2O. The minimum Gasteiger partial charge on any atom is -0.293 e. The first-order valence-corrected chi connectivity index (χ1v) is 4.36. The van der Waals surface area contributed by atoms with Crippen LogP contribution in [0.25, 0.3) is 0 Å². The molecule has 0 radical (unpaired) electrons. The van der Waals surface area contributed by atoms with Gasteiger partial charge in [-0.3, -0.25) is 4.79 Å². The molecule has 0 aliphatic rings. The first-order chi connectivity index (χ1) is 5.61. The van der Waals surface area contributed by atoms with Crippen molar-refractivity contribution in [3.63, 3.8) is 0 Å². The molecule has 0 unspecified atom stereocenters. The Hall–Kier alpha value is -0.530. The van der Waals surface area contributed by atoms with Crippen molar-refractivity contribution in [1.29, 1.82) is 0 Å². The minimum atomic E-state index is -0.480. The molecule has 1 atom stereocenters. The van der Waals surface area contributed by atoms with Gasteiger partial charge in [0.15, 0.2) is 5.78 Å². The Bertz CT molecular complexity index is 277. The zero-order valence-corrected chi connectivity index (χ0v) is 8.06. The Balaban J connectivity index is 2.90. The average molecular weight is 203 g/mol. The van der Waals surface area contributed by atoms with E-state index in [9.17, 15) is 4.79 Å². The zero-order valence-electron chi connectivity index (χ0n) is 6.55. The van der Waals surface area contributed by atoms with Crippen molar-refractivity contribution in [2.24, 2.45) is 0 Å². The van der Waals surface area contributed by atoms with Gasteiger partial charge in [0, 0.05) is 10.6 Å². The molecule has 0 fully saturated rings. The van der Waals surface area contributed by atoms with Gasteiger partial charge >= 0.3 is 0 Å². The molecular weight excluding hydrogens is 195 g/mol. The highest BCUT2D eigenvalue weighted by Crippen LogP contribution is 2.12. The number of benzene rings is 1. The zero-order chi connectivity index (χ0) is 9.14. The lowest BCUT2D eigenvalue weighted by molar-refractivity contribution is 0.0992. The molecule has 0 aromatic heterocycles. The molecule has 0 aliphatic carbocycles. The molecule has 3 heteroatoms. The Morgan fingerprint density at radius 2 is 1.83 bits per heavy atom. The Morgan fingerprint density at radius 1 is 1.33 bits per heavy atom. The van der Waals surface area contributed by atoms with Crippen molar-refractivity contribution in [1.82, 2.24) is 0 Å². The Labute approximate surface area is 81.3 Å². The summed E-state index contributed by atoms with van der Waals surface area (Å²) in [7, 11) is 0. The average Bonchev–Trinajstić information content (AvgIpc) is 2.04. The molecule has 12 heavy (non-hydrogen) atoms. The summed E-state index contributed by atoms with van der Waals surface area (Å²) in [5.74, 6) is -0.0756. The van der Waals surface area contributed by atoms with Crippen LogP contribution in [0.4, 0.5) is 0 Å². The van der Waals surface area contributed by atoms with Crippen LogP contribution >= 0.6 is 23.2 Å². The van der Waals surface area contributed by atoms with Crippen molar-refractivity contribution >= 4 is 29.0 Å². The number of hydrogen-bond acceptors (Lipinski definition) is 1. The van der Waals surface area contributed by atoms with E-state index in [2.05, 4.69) is 0 Å². The van der Waals surface area contributed by atoms with E-state index in [0.29, 0.717) is 10.6 Å². The van der Waals surface area contributed by atoms with E-state index in [1.165, 1.54) is 0 Å². The first kappa shape index (κ1) is 9.56. The number of rotatable bonds is 2. The van der Waals surface area contributed by atoms with E-state index < -0.39 is 5.38 Å². The number of carbonyl (C=O) groups excluding carboxylic acids is 1. The number of hydrogen-bond donors (Lipinski definition) is 0. The van der Waals surface area contributed by atoms with Gasteiger partial charge in [-0.1, -0.05) is 11.6 Å². The maximum atomic E-state index is 11.3. The lowest BCUT2D eigenvalue weighted by Crippen LogP contribution is -2.09. The van der Waals surface area contributed by atoms with Gasteiger partial charge in [-0.05, 0) is 31.2 Å². The van der Waals surface area contributed by atoms with Crippen LogP contribution in [-0.4, -0.2) is 11.2 Å². The third-order valence-corrected chi connectivity index (χ3v) is 1.94. The summed E-state index contributed by atoms with van der Waals surface area (Å²) in [6, 6.07) is 6.69. The van der Waals surface area contributed by atoms with Crippen LogP contribution in [0.5, 0.6) is 0 Å². The summed E-state index contributed by atoms with van der Waals surface area (Å²) in [6.45, 7) is 1.65. The van der Waals surface area contributed by atoms with E-state index in [-0.39, 0.29) is 5.78 Å². The largest absolute Gasteiger partial charge is 0.293 e. The summed E-state index contributed by atoms with van der Waals surface area (Å²) < 4.78 is 0. The lowest BCUT2D eigenvalue weighted by atomic mass is 10.1. The van der Waals surface area contributed by atoms with E-state index in [0.717, 1.165) is 0 Å². The molecule has 1 aromatic rings. The predicted molar refractivity (Wildman–Crippen MR) is 51.1 cm³/mol. The van der Waals surface area contributed by atoms with Gasteiger partial charge < -0.3 is 0 Å². The topological polar surface area (TPSA) is 17.1 Å². The van der Waals surface area contributed by atoms with Gasteiger partial charge in [0.1, 0.15) is 0 Å². The fourth-order valence-corrected chi connectivity index (χ4v) is 1.10. The van der Waals surface area contributed by atoms with Crippen LogP contribution in [0.3, 0.4) is 0 Å². The smallest absolute Gasteiger partial charge is 0.180 e. The van der Waals surface area contributed by atoms with Crippen LogP contribution in [0.1, 0.15) is 17.3 Å². The molecule has 0 saturated heterocycles. The normalized spacial score (nSPS) is 12.6. The van der Waals surface area contributed by atoms with Crippen molar-refractivity contribution in [2.75, 3.05) is 0 Å². The molecule has 1 rings (SSSR count). The monoisotopic (exact) mass is 202 g/mol. The SMILES string of the molecule is C[C@H](Cl)C(=O)c1ccc(Cl)cc1. The molecule has 1 aromatic carbocycles. The van der Waals surface area contributed by atoms with E-state index in [1.807, 2.05) is 0 Å². The highest BCUT2D eigenvalue weighted by molar-refractivity contribution is 6.34. The second-order valence-electron chi connectivity index (χ2n) is 2.49. The van der Waals surface area contributed by atoms with Crippen LogP contribution in [0.15, 0.2) is 24.3 Å². The van der Waals surface area contributed by atoms with Crippen molar-refractivity contribution in [3.05, 3.63) is 34.9 Å². The number of Topliss-reactive ketones (excluding diaryl/α,β-unsaturated/α-hetero) is 1. The predicted octanol–water partition coefficient (Wildman–Crippen LogP) is 3.15. The fraction of sp³-hybridized carbons (Fsp3) is 0.222. The quantitative estimate of drug-likeness (QED) is 0.533. The van der Waals surface area contributed by atoms with Crippen molar-refractivity contribution in [3.8, 4) is 0 Å². The van der Waals surface area contributed by atoms with E-state index in [1.54, 1.807) is 31.2 Å². The second kappa shape index (κ2) is 3.92. The summed E-state index contributed by atoms with van der Waals surface area (Å²) >= 11 is 11.3. The minimum absolute atomic E-state index is 0.0756. The second-order valence-corrected chi connectivity index (χ2v) is 3.58. The van der Waals surface area contributed by atoms with Crippen molar-refractivity contribution in [2.45, 2.75) is 12.3 Å². The number of carbonyl (C=O) groups is 1. The summed E-state index contributed by atoms with van der Waals surface area (Å²) in [5, 5.41) is 0.139. The van der Waals surface area contributed by atoms with Crippen LogP contribution in [0.2, 0.25) is 5.02 Å². The summed E-state index contributed by atoms with van der Waals surface area (Å²) in [4.78, 5) is 11.3. The molecule has 0 aliphatic heterocycles. The standard InChI is InChI=1S/C9H8Cl2O/c1-6(10)9(12)7-2-4-8(11)5-3-7/h2-6H,1H3/t6-/m0/s1. The van der Waals surface area contributed by atoms with Gasteiger partial charge in [-0.25, -0.2) is 0 Å². The van der Waals surface area contributed by atoms with Gasteiger partial charge in [-0.2, -0.15) is 0 Å². The Kier molecular flexibility index (Phi) is 3.12. The van der Waals surface area contributed by atoms with Crippen LogP contribution in [0, 0.1) is 0 Å². The molecule has 0 amide bonds. The van der Waals surface area contributed by atoms with Crippen molar-refractivity contribution < 1.29 is 4.79 Å².